The molecule has 0 bridgehead atoms. The second-order valence-corrected chi connectivity index (χ2v) is 4.76. The minimum atomic E-state index is -0.572. The maximum Gasteiger partial charge on any atom is 0.205 e. The van der Waals surface area contributed by atoms with Gasteiger partial charge in [0.25, 0.3) is 0 Å². The molecular weight excluding hydrogens is 248 g/mol. The van der Waals surface area contributed by atoms with Gasteiger partial charge < -0.3 is 10.0 Å². The minimum Gasteiger partial charge on any atom is -0.386 e. The Labute approximate surface area is 110 Å². The lowest BCUT2D eigenvalue weighted by Crippen LogP contribution is -2.24. The van der Waals surface area contributed by atoms with Gasteiger partial charge in [0.2, 0.25) is 5.13 Å². The van der Waals surface area contributed by atoms with Crippen molar-refractivity contribution in [2.45, 2.75) is 19.4 Å². The average Bonchev–Trinajstić information content (AvgIpc) is 2.88. The number of hydrogen-bond donors (Lipinski definition) is 1. The Kier molecular flexibility index (Phi) is 4.22. The van der Waals surface area contributed by atoms with Crippen LogP contribution < -0.4 is 4.90 Å². The Morgan fingerprint density at radius 3 is 2.94 bits per heavy atom. The molecule has 1 atom stereocenters. The summed E-state index contributed by atoms with van der Waals surface area (Å²) in [5.74, 6) is 0.845. The summed E-state index contributed by atoms with van der Waals surface area (Å²) in [6.45, 7) is 2.50. The summed E-state index contributed by atoms with van der Waals surface area (Å²) in [6.07, 6.45) is 3.63. The van der Waals surface area contributed by atoms with Gasteiger partial charge in [-0.05, 0) is 6.07 Å². The summed E-state index contributed by atoms with van der Waals surface area (Å²) in [5, 5.41) is 10.9. The van der Waals surface area contributed by atoms with Gasteiger partial charge in [-0.3, -0.25) is 4.98 Å². The van der Waals surface area contributed by atoms with Gasteiger partial charge in [0.15, 0.2) is 0 Å². The molecule has 1 N–H and O–H groups in total. The van der Waals surface area contributed by atoms with E-state index in [2.05, 4.69) is 14.3 Å². The molecule has 5 nitrogen and oxygen atoms in total. The van der Waals surface area contributed by atoms with Gasteiger partial charge in [0, 0.05) is 43.0 Å². The third-order valence-electron chi connectivity index (χ3n) is 2.62. The molecule has 0 aliphatic carbocycles. The molecule has 6 heteroatoms. The van der Waals surface area contributed by atoms with Crippen molar-refractivity contribution in [3.63, 3.8) is 0 Å². The third kappa shape index (κ3) is 3.02. The number of nitrogens with zero attached hydrogens (tertiary/aromatic N) is 4. The Morgan fingerprint density at radius 2 is 2.33 bits per heavy atom. The second kappa shape index (κ2) is 5.88. The molecule has 2 aromatic heterocycles. The highest BCUT2D eigenvalue weighted by Crippen LogP contribution is 2.19. The zero-order valence-corrected chi connectivity index (χ0v) is 11.3. The fourth-order valence-electron chi connectivity index (χ4n) is 1.56. The van der Waals surface area contributed by atoms with Crippen LogP contribution in [0.1, 0.15) is 24.4 Å². The molecule has 2 rings (SSSR count). The van der Waals surface area contributed by atoms with E-state index in [1.54, 1.807) is 12.4 Å². The highest BCUT2D eigenvalue weighted by molar-refractivity contribution is 7.09. The summed E-state index contributed by atoms with van der Waals surface area (Å²) in [6, 6.07) is 3.68. The smallest absolute Gasteiger partial charge is 0.205 e. The van der Waals surface area contributed by atoms with E-state index >= 15 is 0 Å². The van der Waals surface area contributed by atoms with Gasteiger partial charge in [-0.2, -0.15) is 4.37 Å². The van der Waals surface area contributed by atoms with Crippen LogP contribution in [0.3, 0.4) is 0 Å². The van der Waals surface area contributed by atoms with Crippen molar-refractivity contribution in [3.8, 4) is 0 Å². The summed E-state index contributed by atoms with van der Waals surface area (Å²) < 4.78 is 4.23. The molecule has 2 heterocycles. The lowest BCUT2D eigenvalue weighted by Gasteiger charge is -2.19. The fourth-order valence-corrected chi connectivity index (χ4v) is 2.28. The molecule has 0 fully saturated rings. The van der Waals surface area contributed by atoms with Crippen LogP contribution in [0.4, 0.5) is 5.13 Å². The number of aliphatic hydroxyl groups excluding tert-OH is 1. The molecule has 2 aromatic rings. The number of aryl methyl sites for hydroxylation is 1. The molecule has 0 saturated carbocycles. The Bertz CT molecular complexity index is 488. The SMILES string of the molecule is CCc1nsc(N(C)CC(O)c2cccnc2)n1. The van der Waals surface area contributed by atoms with Gasteiger partial charge in [-0.1, -0.05) is 13.0 Å². The van der Waals surface area contributed by atoms with E-state index in [1.807, 2.05) is 31.0 Å². The van der Waals surface area contributed by atoms with Crippen LogP contribution >= 0.6 is 11.5 Å². The molecule has 1 unspecified atom stereocenters. The van der Waals surface area contributed by atoms with Crippen molar-refractivity contribution in [1.82, 2.24) is 14.3 Å². The number of aliphatic hydroxyl groups is 1. The van der Waals surface area contributed by atoms with Crippen LogP contribution in [-0.4, -0.2) is 33.0 Å². The zero-order chi connectivity index (χ0) is 13.0. The van der Waals surface area contributed by atoms with Crippen molar-refractivity contribution in [1.29, 1.82) is 0 Å². The minimum absolute atomic E-state index is 0.476. The molecule has 18 heavy (non-hydrogen) atoms. The van der Waals surface area contributed by atoms with Crippen LogP contribution in [0, 0.1) is 0 Å². The maximum atomic E-state index is 10.1. The standard InChI is InChI=1S/C12H16N4OS/c1-3-11-14-12(18-15-11)16(2)8-10(17)9-5-4-6-13-7-9/h4-7,10,17H,3,8H2,1-2H3. The largest absolute Gasteiger partial charge is 0.386 e. The number of likely N-dealkylation sites (N-methyl/N-ethyl adjacent to an activating group) is 1. The van der Waals surface area contributed by atoms with E-state index in [4.69, 9.17) is 0 Å². The number of hydrogen-bond acceptors (Lipinski definition) is 6. The maximum absolute atomic E-state index is 10.1. The number of aromatic nitrogens is 3. The van der Waals surface area contributed by atoms with Crippen molar-refractivity contribution in [3.05, 3.63) is 35.9 Å². The van der Waals surface area contributed by atoms with E-state index in [0.29, 0.717) is 6.54 Å². The Hall–Kier alpha value is -1.53. The van der Waals surface area contributed by atoms with Crippen LogP contribution in [0.2, 0.25) is 0 Å². The zero-order valence-electron chi connectivity index (χ0n) is 10.4. The van der Waals surface area contributed by atoms with Crippen LogP contribution in [-0.2, 0) is 6.42 Å². The molecular formula is C12H16N4OS. The van der Waals surface area contributed by atoms with Crippen molar-refractivity contribution >= 4 is 16.7 Å². The molecule has 0 spiro atoms. The number of anilines is 1. The average molecular weight is 264 g/mol. The third-order valence-corrected chi connectivity index (χ3v) is 3.48. The van der Waals surface area contributed by atoms with E-state index in [9.17, 15) is 5.11 Å². The number of rotatable bonds is 5. The summed E-state index contributed by atoms with van der Waals surface area (Å²) in [7, 11) is 1.90. The first-order chi connectivity index (χ1) is 8.70. The van der Waals surface area contributed by atoms with E-state index in [-0.39, 0.29) is 0 Å². The second-order valence-electron chi connectivity index (χ2n) is 4.03. The molecule has 0 saturated heterocycles. The van der Waals surface area contributed by atoms with Gasteiger partial charge in [0.1, 0.15) is 5.82 Å². The predicted molar refractivity (Wildman–Crippen MR) is 71.8 cm³/mol. The predicted octanol–water partition coefficient (Wildman–Crippen LogP) is 1.67. The van der Waals surface area contributed by atoms with E-state index in [1.165, 1.54) is 11.5 Å². The molecule has 0 aromatic carbocycles. The lowest BCUT2D eigenvalue weighted by molar-refractivity contribution is 0.184. The van der Waals surface area contributed by atoms with Crippen LogP contribution in [0.15, 0.2) is 24.5 Å². The number of pyridine rings is 1. The normalized spacial score (nSPS) is 12.4. The van der Waals surface area contributed by atoms with E-state index in [0.717, 1.165) is 22.9 Å². The topological polar surface area (TPSA) is 62.1 Å². The van der Waals surface area contributed by atoms with Gasteiger partial charge >= 0.3 is 0 Å². The van der Waals surface area contributed by atoms with Crippen molar-refractivity contribution in [2.24, 2.45) is 0 Å². The van der Waals surface area contributed by atoms with Gasteiger partial charge in [-0.25, -0.2) is 4.98 Å². The van der Waals surface area contributed by atoms with Crippen LogP contribution in [0.25, 0.3) is 0 Å². The Balaban J connectivity index is 2.01. The van der Waals surface area contributed by atoms with Gasteiger partial charge in [0.05, 0.1) is 12.6 Å². The molecule has 96 valence electrons. The summed E-state index contributed by atoms with van der Waals surface area (Å²) in [4.78, 5) is 10.3. The van der Waals surface area contributed by atoms with Crippen molar-refractivity contribution < 1.29 is 5.11 Å². The van der Waals surface area contributed by atoms with E-state index < -0.39 is 6.10 Å². The molecule has 0 amide bonds. The monoisotopic (exact) mass is 264 g/mol. The first-order valence-electron chi connectivity index (χ1n) is 5.82. The van der Waals surface area contributed by atoms with Crippen LogP contribution in [0.5, 0.6) is 0 Å². The molecule has 0 aliphatic rings. The quantitative estimate of drug-likeness (QED) is 0.890. The Morgan fingerprint density at radius 1 is 1.50 bits per heavy atom. The molecule has 0 radical (unpaired) electrons. The first-order valence-corrected chi connectivity index (χ1v) is 6.59. The van der Waals surface area contributed by atoms with Gasteiger partial charge in [-0.15, -0.1) is 0 Å². The first kappa shape index (κ1) is 12.9. The fraction of sp³-hybridized carbons (Fsp3) is 0.417. The summed E-state index contributed by atoms with van der Waals surface area (Å²) in [5.41, 5.74) is 0.810. The van der Waals surface area contributed by atoms with Crippen molar-refractivity contribution in [2.75, 3.05) is 18.5 Å². The lowest BCUT2D eigenvalue weighted by atomic mass is 10.1. The highest BCUT2D eigenvalue weighted by Gasteiger charge is 2.14. The summed E-state index contributed by atoms with van der Waals surface area (Å²) >= 11 is 1.36. The highest BCUT2D eigenvalue weighted by atomic mass is 32.1. The molecule has 0 aliphatic heterocycles.